The summed E-state index contributed by atoms with van der Waals surface area (Å²) < 4.78 is 18.6. The maximum absolute atomic E-state index is 13.8. The van der Waals surface area contributed by atoms with Gasteiger partial charge in [0.2, 0.25) is 0 Å². The van der Waals surface area contributed by atoms with Crippen molar-refractivity contribution in [1.29, 1.82) is 0 Å². The Balaban J connectivity index is 1.41. The van der Waals surface area contributed by atoms with Gasteiger partial charge < -0.3 is 19.5 Å². The van der Waals surface area contributed by atoms with E-state index in [9.17, 15) is 14.4 Å². The number of rotatable bonds is 10. The maximum Gasteiger partial charge on any atom is 0.338 e. The van der Waals surface area contributed by atoms with Gasteiger partial charge >= 0.3 is 5.97 Å². The van der Waals surface area contributed by atoms with Crippen molar-refractivity contribution in [1.82, 2.24) is 4.57 Å². The molecule has 2 heterocycles. The Kier molecular flexibility index (Phi) is 9.40. The molecule has 1 aliphatic heterocycles. The van der Waals surface area contributed by atoms with Crippen molar-refractivity contribution in [2.75, 3.05) is 25.1 Å². The molecule has 0 radical (unpaired) electrons. The number of aryl methyl sites for hydroxylation is 1. The molecule has 44 heavy (non-hydrogen) atoms. The number of carbonyl (C=O) groups is 2. The fraction of sp³-hybridized carbons (Fsp3) is 0.235. The van der Waals surface area contributed by atoms with Crippen LogP contribution in [0.15, 0.2) is 93.9 Å². The zero-order chi connectivity index (χ0) is 31.2. The van der Waals surface area contributed by atoms with Crippen molar-refractivity contribution in [2.45, 2.75) is 33.7 Å². The summed E-state index contributed by atoms with van der Waals surface area (Å²) in [6.07, 6.45) is 1.77. The van der Waals surface area contributed by atoms with Gasteiger partial charge in [-0.05, 0) is 80.8 Å². The summed E-state index contributed by atoms with van der Waals surface area (Å²) in [6, 6.07) is 21.3. The second-order valence-electron chi connectivity index (χ2n) is 10.0. The number of aromatic nitrogens is 1. The topological polar surface area (TPSA) is 108 Å². The number of thiazole rings is 1. The summed E-state index contributed by atoms with van der Waals surface area (Å²) >= 11 is 1.25. The third-order valence-electron chi connectivity index (χ3n) is 6.99. The molecule has 1 atom stereocenters. The van der Waals surface area contributed by atoms with Crippen molar-refractivity contribution in [3.8, 4) is 11.5 Å². The molecule has 1 aromatic heterocycles. The molecule has 0 saturated carbocycles. The van der Waals surface area contributed by atoms with E-state index in [1.165, 1.54) is 11.3 Å². The van der Waals surface area contributed by atoms with E-state index in [1.807, 2.05) is 74.5 Å². The number of allylic oxidation sites excluding steroid dienone is 1. The number of nitrogens with zero attached hydrogens (tertiary/aromatic N) is 2. The van der Waals surface area contributed by atoms with Gasteiger partial charge in [-0.15, -0.1) is 0 Å². The molecule has 0 unspecified atom stereocenters. The smallest absolute Gasteiger partial charge is 0.338 e. The Morgan fingerprint density at radius 2 is 1.61 bits per heavy atom. The van der Waals surface area contributed by atoms with Crippen molar-refractivity contribution in [3.05, 3.63) is 120 Å². The summed E-state index contributed by atoms with van der Waals surface area (Å²) in [6.45, 7) is 7.92. The molecule has 226 valence electrons. The summed E-state index contributed by atoms with van der Waals surface area (Å²) in [5, 5.41) is 2.84. The molecule has 5 rings (SSSR count). The second kappa shape index (κ2) is 13.6. The Labute approximate surface area is 258 Å². The summed E-state index contributed by atoms with van der Waals surface area (Å²) in [4.78, 5) is 44.4. The van der Waals surface area contributed by atoms with Crippen LogP contribution in [0.2, 0.25) is 0 Å². The number of ether oxygens (including phenoxy) is 3. The van der Waals surface area contributed by atoms with Gasteiger partial charge in [0.15, 0.2) is 11.4 Å². The number of amides is 1. The average Bonchev–Trinajstić information content (AvgIpc) is 3.31. The highest BCUT2D eigenvalue weighted by Gasteiger charge is 2.33. The van der Waals surface area contributed by atoms with Gasteiger partial charge in [-0.25, -0.2) is 9.79 Å². The minimum absolute atomic E-state index is 0.139. The van der Waals surface area contributed by atoms with Gasteiger partial charge in [-0.3, -0.25) is 14.2 Å². The fourth-order valence-corrected chi connectivity index (χ4v) is 5.93. The van der Waals surface area contributed by atoms with E-state index in [4.69, 9.17) is 14.2 Å². The largest absolute Gasteiger partial charge is 0.494 e. The molecule has 0 bridgehead atoms. The second-order valence-corrected chi connectivity index (χ2v) is 11.0. The van der Waals surface area contributed by atoms with Crippen LogP contribution in [0.1, 0.15) is 43.5 Å². The highest BCUT2D eigenvalue weighted by molar-refractivity contribution is 7.07. The van der Waals surface area contributed by atoms with Crippen LogP contribution in [0.3, 0.4) is 0 Å². The quantitative estimate of drug-likeness (QED) is 0.264. The number of hydrogen-bond donors (Lipinski definition) is 1. The van der Waals surface area contributed by atoms with E-state index in [1.54, 1.807) is 36.6 Å². The molecule has 1 N–H and O–H groups in total. The van der Waals surface area contributed by atoms with Gasteiger partial charge in [0, 0.05) is 5.69 Å². The predicted molar refractivity (Wildman–Crippen MR) is 170 cm³/mol. The molecule has 0 saturated heterocycles. The molecule has 1 aliphatic rings. The Bertz CT molecular complexity index is 1890. The van der Waals surface area contributed by atoms with Gasteiger partial charge in [-0.1, -0.05) is 53.8 Å². The number of para-hydroxylation sites is 1. The number of benzene rings is 3. The van der Waals surface area contributed by atoms with Gasteiger partial charge in [-0.2, -0.15) is 0 Å². The number of carbonyl (C=O) groups excluding carboxylic acids is 2. The Morgan fingerprint density at radius 1 is 0.932 bits per heavy atom. The van der Waals surface area contributed by atoms with Gasteiger partial charge in [0.05, 0.1) is 35.1 Å². The Hall–Kier alpha value is -4.96. The minimum Gasteiger partial charge on any atom is -0.494 e. The number of fused-ring (bicyclic) bond motifs is 1. The van der Waals surface area contributed by atoms with Crippen LogP contribution >= 0.6 is 11.3 Å². The molecular formula is C34H33N3O6S. The van der Waals surface area contributed by atoms with Gasteiger partial charge in [0.25, 0.3) is 11.5 Å². The number of hydrogen-bond acceptors (Lipinski definition) is 8. The molecule has 0 fully saturated rings. The lowest BCUT2D eigenvalue weighted by Crippen LogP contribution is -2.39. The lowest BCUT2D eigenvalue weighted by molar-refractivity contribution is -0.139. The van der Waals surface area contributed by atoms with Crippen LogP contribution < -0.4 is 29.7 Å². The SMILES string of the molecule is CCOC(=O)C1=C(C)N=c2s/c(=C/c3ccc(OCC(=O)Nc4ccccc4C)cc3)c(=O)n2[C@@H]1c1ccc(OCC)cc1. The first-order chi connectivity index (χ1) is 21.3. The third-order valence-corrected chi connectivity index (χ3v) is 7.97. The predicted octanol–water partition coefficient (Wildman–Crippen LogP) is 4.52. The van der Waals surface area contributed by atoms with Crippen LogP contribution in [-0.4, -0.2) is 36.3 Å². The van der Waals surface area contributed by atoms with E-state index >= 15 is 0 Å². The standard InChI is InChI=1S/C34H33N3O6S/c1-5-41-25-17-13-24(14-18-25)31-30(33(40)42-6-2)22(4)35-34-37(31)32(39)28(44-34)19-23-11-15-26(16-12-23)43-20-29(38)36-27-10-8-7-9-21(27)3/h7-19,31H,5-6,20H2,1-4H3,(H,36,38)/b28-19+/t31-/m1/s1. The highest BCUT2D eigenvalue weighted by atomic mass is 32.1. The third kappa shape index (κ3) is 6.65. The average molecular weight is 612 g/mol. The van der Waals surface area contributed by atoms with Crippen molar-refractivity contribution >= 4 is 35.0 Å². The zero-order valence-electron chi connectivity index (χ0n) is 25.0. The maximum atomic E-state index is 13.8. The van der Waals surface area contributed by atoms with E-state index in [2.05, 4.69) is 10.3 Å². The molecule has 1 amide bonds. The van der Waals surface area contributed by atoms with Crippen LogP contribution in [0.5, 0.6) is 11.5 Å². The molecule has 0 aliphatic carbocycles. The van der Waals surface area contributed by atoms with Crippen LogP contribution in [0.4, 0.5) is 5.69 Å². The monoisotopic (exact) mass is 611 g/mol. The van der Waals surface area contributed by atoms with Crippen LogP contribution in [0, 0.1) is 6.92 Å². The zero-order valence-corrected chi connectivity index (χ0v) is 25.8. The van der Waals surface area contributed by atoms with E-state index < -0.39 is 12.0 Å². The minimum atomic E-state index is -0.704. The van der Waals surface area contributed by atoms with Gasteiger partial charge in [0.1, 0.15) is 11.5 Å². The van der Waals surface area contributed by atoms with Crippen molar-refractivity contribution in [2.24, 2.45) is 4.99 Å². The van der Waals surface area contributed by atoms with E-state index in [0.717, 1.165) is 22.4 Å². The van der Waals surface area contributed by atoms with Crippen LogP contribution in [-0.2, 0) is 14.3 Å². The summed E-state index contributed by atoms with van der Waals surface area (Å²) in [5.74, 6) is 0.448. The fourth-order valence-electron chi connectivity index (χ4n) is 4.88. The van der Waals surface area contributed by atoms with Crippen LogP contribution in [0.25, 0.3) is 6.08 Å². The first-order valence-electron chi connectivity index (χ1n) is 14.3. The van der Waals surface area contributed by atoms with E-state index in [-0.39, 0.29) is 24.7 Å². The van der Waals surface area contributed by atoms with E-state index in [0.29, 0.717) is 38.7 Å². The highest BCUT2D eigenvalue weighted by Crippen LogP contribution is 2.31. The lowest BCUT2D eigenvalue weighted by atomic mass is 9.96. The molecule has 4 aromatic rings. The molecule has 10 heteroatoms. The normalized spacial score (nSPS) is 14.5. The summed E-state index contributed by atoms with van der Waals surface area (Å²) in [7, 11) is 0. The molecular weight excluding hydrogens is 578 g/mol. The molecule has 3 aromatic carbocycles. The molecule has 0 spiro atoms. The van der Waals surface area contributed by atoms with Crippen molar-refractivity contribution in [3.63, 3.8) is 0 Å². The van der Waals surface area contributed by atoms with Crippen molar-refractivity contribution < 1.29 is 23.8 Å². The summed E-state index contributed by atoms with van der Waals surface area (Å²) in [5.41, 5.74) is 3.78. The lowest BCUT2D eigenvalue weighted by Gasteiger charge is -2.24. The Morgan fingerprint density at radius 3 is 2.30 bits per heavy atom. The first kappa shape index (κ1) is 30.5. The number of nitrogens with one attached hydrogen (secondary N) is 1. The number of anilines is 1. The molecule has 9 nitrogen and oxygen atoms in total. The number of esters is 1. The first-order valence-corrected chi connectivity index (χ1v) is 15.1.